The van der Waals surface area contributed by atoms with Crippen LogP contribution in [0.1, 0.15) is 0 Å². The minimum absolute atomic E-state index is 0.572. The number of aromatic nitrogens is 5. The van der Waals surface area contributed by atoms with Crippen molar-refractivity contribution in [2.75, 3.05) is 0 Å². The second-order valence-corrected chi connectivity index (χ2v) is 15.9. The Bertz CT molecular complexity index is 3830. The van der Waals surface area contributed by atoms with Gasteiger partial charge in [0.15, 0.2) is 23.1 Å². The highest BCUT2D eigenvalue weighted by Gasteiger charge is 2.25. The van der Waals surface area contributed by atoms with Crippen LogP contribution in [-0.2, 0) is 0 Å². The van der Waals surface area contributed by atoms with E-state index in [9.17, 15) is 0 Å². The van der Waals surface area contributed by atoms with Gasteiger partial charge in [0.1, 0.15) is 5.58 Å². The van der Waals surface area contributed by atoms with Crippen LogP contribution in [-0.4, -0.2) is 24.1 Å². The minimum atomic E-state index is 0.572. The summed E-state index contributed by atoms with van der Waals surface area (Å²) in [6.07, 6.45) is 0. The van der Waals surface area contributed by atoms with Crippen LogP contribution in [0.15, 0.2) is 217 Å². The molecule has 13 aromatic rings. The van der Waals surface area contributed by atoms with E-state index in [-0.39, 0.29) is 0 Å². The van der Waals surface area contributed by atoms with E-state index in [2.05, 4.69) is 155 Å². The second-order valence-electron chi connectivity index (χ2n) is 15.9. The van der Waals surface area contributed by atoms with Crippen molar-refractivity contribution in [3.8, 4) is 56.7 Å². The number of nitrogens with zero attached hydrogens (tertiary/aromatic N) is 5. The molecule has 4 aromatic heterocycles. The SMILES string of the molecule is c1ccc(-c2nc(-c3ccccc3)nc(-c3ccc4c(oc5c(-n6c7ccccc7c7ccc8c9ccccc9n(-c9ccccc9)c8c76)cccc54)c3-c3ccccc3)n2)cc1. The standard InChI is InChI=1S/C57H35N5O/c1-5-18-36(19-6-1)50-46(57-59-55(37-20-7-2-8-21-37)58-56(60-57)38-22-9-3-10-23-38)35-34-45-44-28-17-31-49(53(44)63-54(45)50)62-48-30-16-14-27-41(48)43-33-32-42-40-26-13-15-29-47(40)61(51(42)52(43)62)39-24-11-4-12-25-39/h1-35H. The Hall–Kier alpha value is -8.61. The van der Waals surface area contributed by atoms with Crippen molar-refractivity contribution in [1.82, 2.24) is 24.1 Å². The highest BCUT2D eigenvalue weighted by atomic mass is 16.3. The molecule has 6 heteroatoms. The molecule has 0 N–H and O–H groups in total. The van der Waals surface area contributed by atoms with Crippen LogP contribution in [0.25, 0.3) is 122 Å². The molecule has 0 saturated heterocycles. The molecule has 0 aliphatic heterocycles. The van der Waals surface area contributed by atoms with Gasteiger partial charge in [-0.15, -0.1) is 0 Å². The van der Waals surface area contributed by atoms with Gasteiger partial charge in [-0.05, 0) is 48.0 Å². The topological polar surface area (TPSA) is 61.7 Å². The molecule has 0 radical (unpaired) electrons. The van der Waals surface area contributed by atoms with Crippen LogP contribution in [0.4, 0.5) is 0 Å². The lowest BCUT2D eigenvalue weighted by Gasteiger charge is -2.13. The predicted molar refractivity (Wildman–Crippen MR) is 258 cm³/mol. The maximum Gasteiger partial charge on any atom is 0.164 e. The zero-order chi connectivity index (χ0) is 41.4. The summed E-state index contributed by atoms with van der Waals surface area (Å²) >= 11 is 0. The van der Waals surface area contributed by atoms with Crippen LogP contribution in [0.5, 0.6) is 0 Å². The molecule has 63 heavy (non-hydrogen) atoms. The minimum Gasteiger partial charge on any atom is -0.453 e. The summed E-state index contributed by atoms with van der Waals surface area (Å²) < 4.78 is 12.2. The number of hydrogen-bond acceptors (Lipinski definition) is 4. The molecule has 0 spiro atoms. The molecule has 0 saturated carbocycles. The number of furan rings is 1. The fourth-order valence-corrected chi connectivity index (χ4v) is 9.63. The van der Waals surface area contributed by atoms with Crippen LogP contribution >= 0.6 is 0 Å². The second kappa shape index (κ2) is 14.0. The van der Waals surface area contributed by atoms with Crippen molar-refractivity contribution in [3.05, 3.63) is 212 Å². The van der Waals surface area contributed by atoms with E-state index in [1.54, 1.807) is 0 Å². The Morgan fingerprint density at radius 3 is 1.40 bits per heavy atom. The molecule has 294 valence electrons. The number of benzene rings is 9. The maximum atomic E-state index is 7.37. The smallest absolute Gasteiger partial charge is 0.164 e. The van der Waals surface area contributed by atoms with E-state index < -0.39 is 0 Å². The Kier molecular flexibility index (Phi) is 7.80. The lowest BCUT2D eigenvalue weighted by molar-refractivity contribution is 0.667. The third-order valence-corrected chi connectivity index (χ3v) is 12.4. The number of hydrogen-bond donors (Lipinski definition) is 0. The molecule has 0 amide bonds. The van der Waals surface area contributed by atoms with Gasteiger partial charge in [-0.3, -0.25) is 0 Å². The molecule has 0 unspecified atom stereocenters. The molecule has 0 aliphatic rings. The number of para-hydroxylation sites is 4. The zero-order valence-electron chi connectivity index (χ0n) is 33.9. The third-order valence-electron chi connectivity index (χ3n) is 12.4. The van der Waals surface area contributed by atoms with Gasteiger partial charge in [0.25, 0.3) is 0 Å². The van der Waals surface area contributed by atoms with E-state index >= 15 is 0 Å². The lowest BCUT2D eigenvalue weighted by atomic mass is 9.96. The van der Waals surface area contributed by atoms with Crippen molar-refractivity contribution in [1.29, 1.82) is 0 Å². The van der Waals surface area contributed by atoms with Gasteiger partial charge in [0.05, 0.1) is 27.8 Å². The molecule has 13 rings (SSSR count). The lowest BCUT2D eigenvalue weighted by Crippen LogP contribution is -2.01. The van der Waals surface area contributed by atoms with Crippen molar-refractivity contribution < 1.29 is 4.42 Å². The van der Waals surface area contributed by atoms with E-state index in [0.29, 0.717) is 17.5 Å². The number of fused-ring (bicyclic) bond motifs is 10. The highest BCUT2D eigenvalue weighted by molar-refractivity contribution is 6.24. The van der Waals surface area contributed by atoms with Gasteiger partial charge in [-0.2, -0.15) is 0 Å². The molecule has 6 nitrogen and oxygen atoms in total. The average Bonchev–Trinajstić information content (AvgIpc) is 4.03. The van der Waals surface area contributed by atoms with Gasteiger partial charge < -0.3 is 13.6 Å². The van der Waals surface area contributed by atoms with Crippen molar-refractivity contribution in [3.63, 3.8) is 0 Å². The first-order chi connectivity index (χ1) is 31.3. The fraction of sp³-hybridized carbons (Fsp3) is 0. The van der Waals surface area contributed by atoms with Gasteiger partial charge >= 0.3 is 0 Å². The van der Waals surface area contributed by atoms with Gasteiger partial charge in [0, 0.05) is 60.3 Å². The quantitative estimate of drug-likeness (QED) is 0.168. The molecule has 0 atom stereocenters. The van der Waals surface area contributed by atoms with Crippen LogP contribution in [0.3, 0.4) is 0 Å². The summed E-state index contributed by atoms with van der Waals surface area (Å²) in [5.74, 6) is 1.79. The van der Waals surface area contributed by atoms with E-state index in [1.807, 2.05) is 66.7 Å². The fourth-order valence-electron chi connectivity index (χ4n) is 9.63. The Labute approximate surface area is 361 Å². The molecule has 0 fully saturated rings. The molecule has 0 bridgehead atoms. The van der Waals surface area contributed by atoms with Gasteiger partial charge in [0.2, 0.25) is 0 Å². The summed E-state index contributed by atoms with van der Waals surface area (Å²) in [7, 11) is 0. The molecule has 4 heterocycles. The Balaban J connectivity index is 1.13. The summed E-state index contributed by atoms with van der Waals surface area (Å²) in [5, 5.41) is 6.80. The van der Waals surface area contributed by atoms with Crippen LogP contribution < -0.4 is 0 Å². The number of rotatable bonds is 6. The van der Waals surface area contributed by atoms with E-state index in [0.717, 1.165) is 83.2 Å². The normalized spacial score (nSPS) is 11.8. The predicted octanol–water partition coefficient (Wildman–Crippen LogP) is 14.6. The third kappa shape index (κ3) is 5.41. The van der Waals surface area contributed by atoms with Crippen molar-refractivity contribution >= 4 is 65.6 Å². The van der Waals surface area contributed by atoms with Crippen LogP contribution in [0.2, 0.25) is 0 Å². The first kappa shape index (κ1) is 35.2. The molecule has 9 aromatic carbocycles. The first-order valence-electron chi connectivity index (χ1n) is 21.2. The highest BCUT2D eigenvalue weighted by Crippen LogP contribution is 2.46. The molecular formula is C57H35N5O. The first-order valence-corrected chi connectivity index (χ1v) is 21.2. The van der Waals surface area contributed by atoms with Gasteiger partial charge in [-0.25, -0.2) is 15.0 Å². The van der Waals surface area contributed by atoms with Crippen LogP contribution in [0, 0.1) is 0 Å². The van der Waals surface area contributed by atoms with E-state index in [4.69, 9.17) is 19.4 Å². The summed E-state index contributed by atoms with van der Waals surface area (Å²) in [6.45, 7) is 0. The Morgan fingerprint density at radius 1 is 0.317 bits per heavy atom. The zero-order valence-corrected chi connectivity index (χ0v) is 33.9. The monoisotopic (exact) mass is 805 g/mol. The average molecular weight is 806 g/mol. The molecular weight excluding hydrogens is 771 g/mol. The van der Waals surface area contributed by atoms with Crippen molar-refractivity contribution in [2.24, 2.45) is 0 Å². The summed E-state index contributed by atoms with van der Waals surface area (Å²) in [4.78, 5) is 15.4. The van der Waals surface area contributed by atoms with Crippen molar-refractivity contribution in [2.45, 2.75) is 0 Å². The van der Waals surface area contributed by atoms with E-state index in [1.165, 1.54) is 21.5 Å². The molecule has 0 aliphatic carbocycles. The van der Waals surface area contributed by atoms with Gasteiger partial charge in [-0.1, -0.05) is 170 Å². The summed E-state index contributed by atoms with van der Waals surface area (Å²) in [5.41, 5.74) is 12.8. The largest absolute Gasteiger partial charge is 0.453 e. The Morgan fingerprint density at radius 2 is 0.778 bits per heavy atom. The maximum absolute atomic E-state index is 7.37. The summed E-state index contributed by atoms with van der Waals surface area (Å²) in [6, 6.07) is 74.2.